The quantitative estimate of drug-likeness (QED) is 0.255. The first-order valence-electron chi connectivity index (χ1n) is 12.1. The Hall–Kier alpha value is -3.67. The number of phenols is 2. The molecule has 204 valence electrons. The fraction of sp³-hybridized carbons (Fsp3) is 0.333. The largest absolute Gasteiger partial charge is 0.504 e. The number of pyridine rings is 1. The molecule has 11 heteroatoms. The van der Waals surface area contributed by atoms with Gasteiger partial charge in [-0.25, -0.2) is 13.2 Å². The Morgan fingerprint density at radius 1 is 1.00 bits per heavy atom. The second kappa shape index (κ2) is 13.2. The molecule has 0 unspecified atom stereocenters. The number of phenolic OH excluding ortho intramolecular Hbond substituents is 2. The first-order valence-corrected chi connectivity index (χ1v) is 13.6. The van der Waals surface area contributed by atoms with Gasteiger partial charge in [-0.05, 0) is 36.1 Å². The van der Waals surface area contributed by atoms with E-state index in [4.69, 9.17) is 4.74 Å². The molecular weight excluding hydrogens is 510 g/mol. The maximum atomic E-state index is 13.4. The van der Waals surface area contributed by atoms with E-state index in [-0.39, 0.29) is 36.9 Å². The van der Waals surface area contributed by atoms with Crippen LogP contribution in [0.25, 0.3) is 0 Å². The zero-order valence-electron chi connectivity index (χ0n) is 21.3. The number of amides is 1. The number of alkyl carbamates (subject to hydrolysis) is 1. The molecule has 0 radical (unpaired) electrons. The monoisotopic (exact) mass is 543 g/mol. The number of sulfonamides is 1. The Morgan fingerprint density at radius 2 is 1.71 bits per heavy atom. The molecule has 0 spiro atoms. The molecule has 3 aromatic rings. The lowest BCUT2D eigenvalue weighted by molar-refractivity contribution is 0.0873. The third-order valence-corrected chi connectivity index (χ3v) is 7.53. The lowest BCUT2D eigenvalue weighted by Crippen LogP contribution is -2.51. The number of nitrogens with zero attached hydrogens (tertiary/aromatic N) is 2. The van der Waals surface area contributed by atoms with E-state index >= 15 is 0 Å². The van der Waals surface area contributed by atoms with Crippen molar-refractivity contribution in [3.05, 3.63) is 84.2 Å². The Morgan fingerprint density at radius 3 is 2.34 bits per heavy atom. The molecule has 4 N–H and O–H groups in total. The van der Waals surface area contributed by atoms with Gasteiger partial charge < -0.3 is 25.4 Å². The molecule has 0 saturated carbocycles. The summed E-state index contributed by atoms with van der Waals surface area (Å²) in [5.74, 6) is -1.11. The van der Waals surface area contributed by atoms with E-state index in [1.54, 1.807) is 24.5 Å². The molecule has 2 atom stereocenters. The van der Waals surface area contributed by atoms with E-state index in [9.17, 15) is 28.5 Å². The number of aromatic nitrogens is 1. The highest BCUT2D eigenvalue weighted by molar-refractivity contribution is 7.89. The van der Waals surface area contributed by atoms with Crippen LogP contribution in [0.5, 0.6) is 11.5 Å². The molecule has 0 aliphatic rings. The average molecular weight is 544 g/mol. The van der Waals surface area contributed by atoms with Crippen LogP contribution in [0, 0.1) is 5.92 Å². The second-order valence-corrected chi connectivity index (χ2v) is 11.2. The van der Waals surface area contributed by atoms with Crippen molar-refractivity contribution in [2.75, 3.05) is 13.1 Å². The van der Waals surface area contributed by atoms with Gasteiger partial charge in [-0.1, -0.05) is 50.2 Å². The van der Waals surface area contributed by atoms with Crippen LogP contribution in [-0.2, 0) is 27.8 Å². The third kappa shape index (κ3) is 8.17. The van der Waals surface area contributed by atoms with Gasteiger partial charge in [-0.2, -0.15) is 4.31 Å². The van der Waals surface area contributed by atoms with Gasteiger partial charge in [0.25, 0.3) is 0 Å². The average Bonchev–Trinajstić information content (AvgIpc) is 2.89. The number of carbonyl (C=O) groups excluding carboxylic acids is 1. The summed E-state index contributed by atoms with van der Waals surface area (Å²) in [6, 6.07) is 15.0. The number of aliphatic hydroxyl groups excluding tert-OH is 1. The maximum Gasteiger partial charge on any atom is 0.407 e. The van der Waals surface area contributed by atoms with Crippen molar-refractivity contribution in [1.29, 1.82) is 0 Å². The molecule has 3 rings (SSSR count). The van der Waals surface area contributed by atoms with Gasteiger partial charge in [0.1, 0.15) is 6.61 Å². The normalized spacial score (nSPS) is 13.3. The number of hydrogen-bond acceptors (Lipinski definition) is 8. The van der Waals surface area contributed by atoms with Gasteiger partial charge in [-0.15, -0.1) is 0 Å². The SMILES string of the molecule is CC(C)CN(C[C@@H](O)[C@H](Cc1ccccc1)NC(=O)OCc1cccnc1)S(=O)(=O)c1ccc(O)c(O)c1. The van der Waals surface area contributed by atoms with Gasteiger partial charge in [0, 0.05) is 37.1 Å². The van der Waals surface area contributed by atoms with Crippen LogP contribution in [0.2, 0.25) is 0 Å². The minimum Gasteiger partial charge on any atom is -0.504 e. The molecule has 0 saturated heterocycles. The highest BCUT2D eigenvalue weighted by Gasteiger charge is 2.32. The Balaban J connectivity index is 1.81. The van der Waals surface area contributed by atoms with E-state index in [1.165, 1.54) is 6.07 Å². The number of ether oxygens (including phenoxy) is 1. The molecule has 38 heavy (non-hydrogen) atoms. The highest BCUT2D eigenvalue weighted by atomic mass is 32.2. The van der Waals surface area contributed by atoms with Crippen LogP contribution in [0.1, 0.15) is 25.0 Å². The standard InChI is InChI=1S/C27H33N3O7S/c1-19(2)16-30(38(35,36)22-10-11-24(31)25(32)14-22)17-26(33)23(13-20-7-4-3-5-8-20)29-27(34)37-18-21-9-6-12-28-15-21/h3-12,14-15,19,23,26,31-33H,13,16-18H2,1-2H3,(H,29,34)/t23-,26+/m0/s1. The molecule has 10 nitrogen and oxygen atoms in total. The fourth-order valence-electron chi connectivity index (χ4n) is 3.80. The molecule has 0 aliphatic carbocycles. The van der Waals surface area contributed by atoms with Crippen molar-refractivity contribution in [2.24, 2.45) is 5.92 Å². The first kappa shape index (κ1) is 28.9. The molecule has 1 heterocycles. The van der Waals surface area contributed by atoms with Gasteiger partial charge in [-0.3, -0.25) is 4.98 Å². The van der Waals surface area contributed by atoms with Crippen molar-refractivity contribution in [1.82, 2.24) is 14.6 Å². The molecule has 0 fully saturated rings. The number of hydrogen-bond donors (Lipinski definition) is 4. The van der Waals surface area contributed by atoms with Gasteiger partial charge in [0.05, 0.1) is 17.0 Å². The lowest BCUT2D eigenvalue weighted by atomic mass is 10.0. The van der Waals surface area contributed by atoms with Crippen LogP contribution in [0.15, 0.2) is 78.0 Å². The van der Waals surface area contributed by atoms with Crippen LogP contribution in [0.4, 0.5) is 4.79 Å². The van der Waals surface area contributed by atoms with Gasteiger partial charge in [0.2, 0.25) is 10.0 Å². The van der Waals surface area contributed by atoms with Crippen molar-refractivity contribution in [2.45, 2.75) is 43.9 Å². The molecule has 1 amide bonds. The first-order chi connectivity index (χ1) is 18.1. The lowest BCUT2D eigenvalue weighted by Gasteiger charge is -2.30. The summed E-state index contributed by atoms with van der Waals surface area (Å²) in [5, 5.41) is 33.3. The topological polar surface area (TPSA) is 149 Å². The van der Waals surface area contributed by atoms with E-state index in [0.29, 0.717) is 5.56 Å². The van der Waals surface area contributed by atoms with E-state index in [0.717, 1.165) is 22.0 Å². The van der Waals surface area contributed by atoms with Crippen molar-refractivity contribution in [3.8, 4) is 11.5 Å². The molecule has 2 aromatic carbocycles. The van der Waals surface area contributed by atoms with E-state index in [1.807, 2.05) is 44.2 Å². The van der Waals surface area contributed by atoms with Crippen LogP contribution >= 0.6 is 0 Å². The summed E-state index contributed by atoms with van der Waals surface area (Å²) in [7, 11) is -4.16. The predicted molar refractivity (Wildman–Crippen MR) is 141 cm³/mol. The predicted octanol–water partition coefficient (Wildman–Crippen LogP) is 3.04. The van der Waals surface area contributed by atoms with Gasteiger partial charge in [0.15, 0.2) is 11.5 Å². The molecular formula is C27H33N3O7S. The van der Waals surface area contributed by atoms with E-state index in [2.05, 4.69) is 10.3 Å². The summed E-state index contributed by atoms with van der Waals surface area (Å²) >= 11 is 0. The minimum atomic E-state index is -4.16. The van der Waals surface area contributed by atoms with Crippen molar-refractivity contribution >= 4 is 16.1 Å². The smallest absolute Gasteiger partial charge is 0.407 e. The number of nitrogens with one attached hydrogen (secondary N) is 1. The van der Waals surface area contributed by atoms with Crippen molar-refractivity contribution < 1.29 is 33.3 Å². The van der Waals surface area contributed by atoms with Crippen molar-refractivity contribution in [3.63, 3.8) is 0 Å². The number of benzene rings is 2. The van der Waals surface area contributed by atoms with Crippen LogP contribution in [0.3, 0.4) is 0 Å². The van der Waals surface area contributed by atoms with E-state index < -0.39 is 39.8 Å². The summed E-state index contributed by atoms with van der Waals surface area (Å²) < 4.78 is 33.3. The molecule has 0 bridgehead atoms. The zero-order valence-corrected chi connectivity index (χ0v) is 22.1. The third-order valence-electron chi connectivity index (χ3n) is 5.70. The second-order valence-electron chi connectivity index (χ2n) is 9.31. The summed E-state index contributed by atoms with van der Waals surface area (Å²) in [5.41, 5.74) is 1.51. The van der Waals surface area contributed by atoms with Crippen LogP contribution in [-0.4, -0.2) is 64.4 Å². The summed E-state index contributed by atoms with van der Waals surface area (Å²) in [6.07, 6.45) is 1.32. The number of aromatic hydroxyl groups is 2. The highest BCUT2D eigenvalue weighted by Crippen LogP contribution is 2.29. The number of rotatable bonds is 12. The number of carbonyl (C=O) groups is 1. The Labute approximate surface area is 222 Å². The zero-order chi connectivity index (χ0) is 27.7. The summed E-state index contributed by atoms with van der Waals surface area (Å²) in [6.45, 7) is 3.39. The summed E-state index contributed by atoms with van der Waals surface area (Å²) in [4.78, 5) is 16.4. The Bertz CT molecular complexity index is 1290. The molecule has 1 aromatic heterocycles. The minimum absolute atomic E-state index is 0.0218. The maximum absolute atomic E-state index is 13.4. The number of aliphatic hydroxyl groups is 1. The van der Waals surface area contributed by atoms with Crippen LogP contribution < -0.4 is 5.32 Å². The molecule has 0 aliphatic heterocycles. The van der Waals surface area contributed by atoms with Gasteiger partial charge >= 0.3 is 6.09 Å². The Kier molecular flexibility index (Phi) is 10.1. The fourth-order valence-corrected chi connectivity index (χ4v) is 5.45.